The molecule has 0 N–H and O–H groups in total. The molecule has 0 fully saturated rings. The third kappa shape index (κ3) is 61.7. The van der Waals surface area contributed by atoms with Gasteiger partial charge in [0.1, 0.15) is 13.2 Å². The second kappa shape index (κ2) is 64.4. The van der Waals surface area contributed by atoms with Crippen molar-refractivity contribution in [1.82, 2.24) is 0 Å². The van der Waals surface area contributed by atoms with E-state index in [-0.39, 0.29) is 31.1 Å². The first-order valence-electron chi connectivity index (χ1n) is 32.9. The third-order valence-electron chi connectivity index (χ3n) is 14.4. The summed E-state index contributed by atoms with van der Waals surface area (Å²) in [6.45, 7) is 6.52. The van der Waals surface area contributed by atoms with Crippen LogP contribution in [0.15, 0.2) is 72.9 Å². The number of rotatable bonds is 60. The zero-order chi connectivity index (χ0) is 55.0. The highest BCUT2D eigenvalue weighted by Crippen LogP contribution is 2.17. The Morgan fingerprint density at radius 3 is 0.803 bits per heavy atom. The average molecular weight is 1060 g/mol. The Morgan fingerprint density at radius 2 is 0.513 bits per heavy atom. The Balaban J connectivity index is 4.13. The van der Waals surface area contributed by atoms with Crippen molar-refractivity contribution in [3.05, 3.63) is 72.9 Å². The second-order valence-corrected chi connectivity index (χ2v) is 22.0. The number of ether oxygens (including phenoxy) is 3. The molecule has 0 spiro atoms. The summed E-state index contributed by atoms with van der Waals surface area (Å²) in [7, 11) is 0. The smallest absolute Gasteiger partial charge is 0.306 e. The van der Waals surface area contributed by atoms with Crippen molar-refractivity contribution in [2.45, 2.75) is 341 Å². The summed E-state index contributed by atoms with van der Waals surface area (Å²) in [4.78, 5) is 38.2. The van der Waals surface area contributed by atoms with Crippen molar-refractivity contribution >= 4 is 17.9 Å². The molecule has 0 aliphatic heterocycles. The highest BCUT2D eigenvalue weighted by atomic mass is 16.6. The van der Waals surface area contributed by atoms with Gasteiger partial charge in [-0.15, -0.1) is 0 Å². The van der Waals surface area contributed by atoms with Gasteiger partial charge < -0.3 is 14.2 Å². The molecule has 440 valence electrons. The quantitative estimate of drug-likeness (QED) is 0.0261. The van der Waals surface area contributed by atoms with Gasteiger partial charge >= 0.3 is 17.9 Å². The molecule has 0 heterocycles. The van der Waals surface area contributed by atoms with E-state index in [1.54, 1.807) is 0 Å². The summed E-state index contributed by atoms with van der Waals surface area (Å²) in [6.07, 6.45) is 83.6. The van der Waals surface area contributed by atoms with Gasteiger partial charge in [0.2, 0.25) is 0 Å². The van der Waals surface area contributed by atoms with Gasteiger partial charge in [0.15, 0.2) is 6.10 Å². The number of unbranched alkanes of at least 4 members (excludes halogenated alkanes) is 37. The molecular weight excluding hydrogens is 937 g/mol. The number of carbonyl (C=O) groups is 3. The fourth-order valence-corrected chi connectivity index (χ4v) is 9.53. The van der Waals surface area contributed by atoms with E-state index in [9.17, 15) is 14.4 Å². The SMILES string of the molecule is CC/C=C\C/C=C\C/C=C\C/C=C\CCCCCCCCCCCCC(=O)OC(COC(=O)CCCCCCCCCC)COC(=O)CCCCCCCCCCCCCCCCC/C=C\C/C=C\CCCCCCC. The molecule has 1 unspecified atom stereocenters. The topological polar surface area (TPSA) is 78.9 Å². The summed E-state index contributed by atoms with van der Waals surface area (Å²) in [6, 6.07) is 0. The van der Waals surface area contributed by atoms with Crippen molar-refractivity contribution in [3.8, 4) is 0 Å². The summed E-state index contributed by atoms with van der Waals surface area (Å²) < 4.78 is 16.9. The zero-order valence-electron chi connectivity index (χ0n) is 50.5. The van der Waals surface area contributed by atoms with E-state index in [0.29, 0.717) is 19.3 Å². The molecule has 6 heteroatoms. The molecule has 0 radical (unpaired) electrons. The van der Waals surface area contributed by atoms with Crippen molar-refractivity contribution in [1.29, 1.82) is 0 Å². The fourth-order valence-electron chi connectivity index (χ4n) is 9.53. The van der Waals surface area contributed by atoms with Crippen LogP contribution in [0.25, 0.3) is 0 Å². The predicted molar refractivity (Wildman–Crippen MR) is 330 cm³/mol. The molecule has 6 nitrogen and oxygen atoms in total. The van der Waals surface area contributed by atoms with E-state index in [0.717, 1.165) is 89.9 Å². The molecule has 0 bridgehead atoms. The van der Waals surface area contributed by atoms with Crippen molar-refractivity contribution in [2.75, 3.05) is 13.2 Å². The van der Waals surface area contributed by atoms with E-state index in [1.165, 1.54) is 205 Å². The first kappa shape index (κ1) is 72.8. The largest absolute Gasteiger partial charge is 0.462 e. The molecule has 1 atom stereocenters. The average Bonchev–Trinajstić information content (AvgIpc) is 3.42. The number of allylic oxidation sites excluding steroid dienone is 12. The molecule has 0 aromatic heterocycles. The summed E-state index contributed by atoms with van der Waals surface area (Å²) >= 11 is 0. The minimum absolute atomic E-state index is 0.0737. The van der Waals surface area contributed by atoms with E-state index in [2.05, 4.69) is 93.7 Å². The van der Waals surface area contributed by atoms with Gasteiger partial charge in [0.25, 0.3) is 0 Å². The lowest BCUT2D eigenvalue weighted by molar-refractivity contribution is -0.167. The molecule has 0 rings (SSSR count). The van der Waals surface area contributed by atoms with Crippen LogP contribution in [-0.2, 0) is 28.6 Å². The summed E-state index contributed by atoms with van der Waals surface area (Å²) in [5, 5.41) is 0. The lowest BCUT2D eigenvalue weighted by Gasteiger charge is -2.18. The van der Waals surface area contributed by atoms with Crippen LogP contribution in [0.4, 0.5) is 0 Å². The van der Waals surface area contributed by atoms with Crippen molar-refractivity contribution < 1.29 is 28.6 Å². The molecule has 76 heavy (non-hydrogen) atoms. The molecular formula is C70H124O6. The summed E-state index contributed by atoms with van der Waals surface area (Å²) in [5.41, 5.74) is 0. The Hall–Kier alpha value is -3.15. The first-order valence-corrected chi connectivity index (χ1v) is 32.9. The summed E-state index contributed by atoms with van der Waals surface area (Å²) in [5.74, 6) is -0.867. The second-order valence-electron chi connectivity index (χ2n) is 22.0. The number of esters is 3. The van der Waals surface area contributed by atoms with E-state index >= 15 is 0 Å². The Kier molecular flexibility index (Phi) is 61.7. The molecule has 0 amide bonds. The van der Waals surface area contributed by atoms with E-state index in [4.69, 9.17) is 14.2 Å². The van der Waals surface area contributed by atoms with Crippen LogP contribution in [0.1, 0.15) is 335 Å². The third-order valence-corrected chi connectivity index (χ3v) is 14.4. The number of carbonyl (C=O) groups excluding carboxylic acids is 3. The monoisotopic (exact) mass is 1060 g/mol. The highest BCUT2D eigenvalue weighted by molar-refractivity contribution is 5.71. The van der Waals surface area contributed by atoms with Crippen molar-refractivity contribution in [3.63, 3.8) is 0 Å². The van der Waals surface area contributed by atoms with Crippen LogP contribution >= 0.6 is 0 Å². The van der Waals surface area contributed by atoms with Crippen LogP contribution in [-0.4, -0.2) is 37.2 Å². The molecule has 0 aliphatic carbocycles. The van der Waals surface area contributed by atoms with Gasteiger partial charge in [-0.05, 0) is 89.9 Å². The van der Waals surface area contributed by atoms with Gasteiger partial charge in [0, 0.05) is 19.3 Å². The van der Waals surface area contributed by atoms with E-state index in [1.807, 2.05) is 0 Å². The van der Waals surface area contributed by atoms with Crippen LogP contribution in [0.3, 0.4) is 0 Å². The number of hydrogen-bond acceptors (Lipinski definition) is 6. The maximum absolute atomic E-state index is 12.9. The lowest BCUT2D eigenvalue weighted by Crippen LogP contribution is -2.30. The van der Waals surface area contributed by atoms with Crippen molar-refractivity contribution in [2.24, 2.45) is 0 Å². The minimum Gasteiger partial charge on any atom is -0.462 e. The van der Waals surface area contributed by atoms with Gasteiger partial charge in [-0.2, -0.15) is 0 Å². The molecule has 0 aromatic carbocycles. The normalized spacial score (nSPS) is 12.5. The van der Waals surface area contributed by atoms with Crippen LogP contribution in [0, 0.1) is 0 Å². The maximum Gasteiger partial charge on any atom is 0.306 e. The Labute approximate surface area is 472 Å². The van der Waals surface area contributed by atoms with Crippen LogP contribution in [0.2, 0.25) is 0 Å². The predicted octanol–water partition coefficient (Wildman–Crippen LogP) is 22.5. The molecule has 0 aromatic rings. The highest BCUT2D eigenvalue weighted by Gasteiger charge is 2.19. The van der Waals surface area contributed by atoms with Gasteiger partial charge in [-0.25, -0.2) is 0 Å². The fraction of sp³-hybridized carbons (Fsp3) is 0.786. The van der Waals surface area contributed by atoms with Crippen LogP contribution in [0.5, 0.6) is 0 Å². The van der Waals surface area contributed by atoms with Gasteiger partial charge in [0.05, 0.1) is 0 Å². The minimum atomic E-state index is -0.775. The number of hydrogen-bond donors (Lipinski definition) is 0. The zero-order valence-corrected chi connectivity index (χ0v) is 50.5. The first-order chi connectivity index (χ1) is 37.5. The standard InChI is InChI=1S/C70H124O6/c1-4-7-10-13-16-19-21-23-25-27-29-31-33-34-35-36-38-39-41-43-45-47-49-51-54-57-60-63-69(72)75-66-67(65-74-68(71)62-59-56-53-18-15-12-9-6-3)76-70(73)64-61-58-55-52-50-48-46-44-42-40-37-32-30-28-26-24-22-20-17-14-11-8-5-2/h8,11,17,20-21,23-24,26-27,29-30,32,67H,4-7,9-10,12-16,18-19,22,25,28,31,33-66H2,1-3H3/b11-8-,20-17-,23-21-,26-24-,29-27-,32-30-. The Bertz CT molecular complexity index is 1400. The molecule has 0 saturated heterocycles. The maximum atomic E-state index is 12.9. The molecule has 0 saturated carbocycles. The lowest BCUT2D eigenvalue weighted by atomic mass is 10.0. The molecule has 0 aliphatic rings. The van der Waals surface area contributed by atoms with Gasteiger partial charge in [-0.1, -0.05) is 299 Å². The van der Waals surface area contributed by atoms with Gasteiger partial charge in [-0.3, -0.25) is 14.4 Å². The van der Waals surface area contributed by atoms with Crippen LogP contribution < -0.4 is 0 Å². The van der Waals surface area contributed by atoms with E-state index < -0.39 is 6.10 Å². The Morgan fingerprint density at radius 1 is 0.276 bits per heavy atom.